The van der Waals surface area contributed by atoms with Crippen LogP contribution in [-0.4, -0.2) is 113 Å². The molecule has 0 unspecified atom stereocenters. The van der Waals surface area contributed by atoms with E-state index in [0.717, 1.165) is 11.3 Å². The first-order valence-electron chi connectivity index (χ1n) is 22.1. The zero-order chi connectivity index (χ0) is 46.1. The summed E-state index contributed by atoms with van der Waals surface area (Å²) in [4.78, 5) is 19.1. The molecule has 348 valence electrons. The van der Waals surface area contributed by atoms with Gasteiger partial charge in [-0.2, -0.15) is 0 Å². The summed E-state index contributed by atoms with van der Waals surface area (Å²) in [7, 11) is -2.22. The summed E-state index contributed by atoms with van der Waals surface area (Å²) in [6.45, 7) is 44.1. The van der Waals surface area contributed by atoms with Crippen molar-refractivity contribution < 1.29 is 46.6 Å². The molecule has 0 bridgehead atoms. The predicted octanol–water partition coefficient (Wildman–Crippen LogP) is 10.6. The third kappa shape index (κ3) is 13.2. The van der Waals surface area contributed by atoms with E-state index in [4.69, 9.17) is 41.8 Å². The van der Waals surface area contributed by atoms with Crippen LogP contribution < -0.4 is 4.74 Å². The lowest BCUT2D eigenvalue weighted by molar-refractivity contribution is -0.338. The molecule has 1 aromatic rings. The van der Waals surface area contributed by atoms with Crippen LogP contribution in [0.4, 0.5) is 0 Å². The van der Waals surface area contributed by atoms with E-state index in [1.54, 1.807) is 14.2 Å². The molecule has 0 aliphatic carbocycles. The van der Waals surface area contributed by atoms with E-state index in [9.17, 15) is 4.79 Å². The molecule has 3 rings (SSSR count). The summed E-state index contributed by atoms with van der Waals surface area (Å²) >= 11 is 0. The van der Waals surface area contributed by atoms with Crippen molar-refractivity contribution in [3.63, 3.8) is 0 Å². The van der Waals surface area contributed by atoms with Crippen molar-refractivity contribution in [3.8, 4) is 5.75 Å². The topological polar surface area (TPSA) is 107 Å². The van der Waals surface area contributed by atoms with E-state index in [1.807, 2.05) is 38.1 Å². The molecule has 2 aliphatic rings. The summed E-state index contributed by atoms with van der Waals surface area (Å²) in [5, 5.41) is 1.11. The SMILES string of the molecule is COc1ccc(COC[C@H](C)[C@H]2O[C@]2(C)[C@@H](O[Si](C)(C)C(C)(C)C)[C@@H](CO[Si](C)(C)C(C)(C)C)[C@@H]2OC(C)(C)O[C@H](CC(=O)N(C)OC)[C@H]2CO[Si](C)(C)C(C)(C)C)cc1. The Labute approximate surface area is 368 Å². The van der Waals surface area contributed by atoms with Gasteiger partial charge in [-0.3, -0.25) is 9.63 Å². The van der Waals surface area contributed by atoms with Crippen molar-refractivity contribution >= 4 is 30.9 Å². The van der Waals surface area contributed by atoms with Gasteiger partial charge in [0.1, 0.15) is 11.4 Å². The minimum atomic E-state index is -2.47. The zero-order valence-corrected chi connectivity index (χ0v) is 44.9. The maximum atomic E-state index is 13.7. The second kappa shape index (κ2) is 19.5. The predicted molar refractivity (Wildman–Crippen MR) is 249 cm³/mol. The maximum absolute atomic E-state index is 13.7. The lowest BCUT2D eigenvalue weighted by Gasteiger charge is -2.52. The molecule has 0 spiro atoms. The Bertz CT molecular complexity index is 1530. The summed E-state index contributed by atoms with van der Waals surface area (Å²) in [6.07, 6.45) is -1.48. The monoisotopic (exact) mass is 898 g/mol. The van der Waals surface area contributed by atoms with Crippen molar-refractivity contribution in [2.75, 3.05) is 41.1 Å². The highest BCUT2D eigenvalue weighted by Gasteiger charge is 2.66. The lowest BCUT2D eigenvalue weighted by Crippen LogP contribution is -2.62. The Hall–Kier alpha value is -1.18. The highest BCUT2D eigenvalue weighted by molar-refractivity contribution is 6.75. The third-order valence-electron chi connectivity index (χ3n) is 14.5. The number of benzene rings is 1. The Kier molecular flexibility index (Phi) is 17.3. The van der Waals surface area contributed by atoms with Gasteiger partial charge in [0.05, 0.1) is 58.3 Å². The van der Waals surface area contributed by atoms with Gasteiger partial charge in [-0.25, -0.2) is 5.06 Å². The van der Waals surface area contributed by atoms with Crippen LogP contribution in [0.1, 0.15) is 102 Å². The fourth-order valence-electron chi connectivity index (χ4n) is 7.15. The van der Waals surface area contributed by atoms with E-state index in [2.05, 4.69) is 115 Å². The normalized spacial score (nSPS) is 25.7. The van der Waals surface area contributed by atoms with Crippen molar-refractivity contribution in [1.82, 2.24) is 5.06 Å². The Morgan fingerprint density at radius 1 is 0.783 bits per heavy atom. The number of hydrogen-bond donors (Lipinski definition) is 0. The average Bonchev–Trinajstić information content (AvgIpc) is 3.81. The van der Waals surface area contributed by atoms with E-state index in [1.165, 1.54) is 12.2 Å². The van der Waals surface area contributed by atoms with Crippen LogP contribution in [0, 0.1) is 17.8 Å². The van der Waals surface area contributed by atoms with Crippen molar-refractivity contribution in [3.05, 3.63) is 29.8 Å². The number of amides is 1. The minimum absolute atomic E-state index is 0.0350. The van der Waals surface area contributed by atoms with Gasteiger partial charge in [0, 0.05) is 38.0 Å². The van der Waals surface area contributed by atoms with Gasteiger partial charge in [-0.15, -0.1) is 0 Å². The van der Waals surface area contributed by atoms with Crippen LogP contribution >= 0.6 is 0 Å². The van der Waals surface area contributed by atoms with Crippen molar-refractivity contribution in [1.29, 1.82) is 0 Å². The number of methoxy groups -OCH3 is 1. The second-order valence-corrected chi connectivity index (χ2v) is 37.1. The number of epoxide rings is 1. The fraction of sp³-hybridized carbons (Fsp3) is 0.848. The smallest absolute Gasteiger partial charge is 0.248 e. The number of carbonyl (C=O) groups is 1. The van der Waals surface area contributed by atoms with Crippen LogP contribution in [0.25, 0.3) is 0 Å². The Balaban J connectivity index is 2.20. The van der Waals surface area contributed by atoms with E-state index < -0.39 is 54.7 Å². The maximum Gasteiger partial charge on any atom is 0.248 e. The standard InChI is InChI=1S/C46H87NO10Si3/c1-32(28-51-29-33-23-25-34(49-15)26-24-33)40-46(13,56-40)41(57-60(21,22)44(8,9)10)36(31-53-59(19,20)43(5,6)7)39-35(30-52-58(17,18)42(2,3)4)37(54-45(11,12)55-39)27-38(48)47(14)50-16/h23-26,32,35-37,39-41H,27-31H2,1-22H3/t32-,35+,36-,37+,39+,40+,41-,46-/m0/s1. The van der Waals surface area contributed by atoms with Crippen LogP contribution in [0.5, 0.6) is 5.75 Å². The number of ether oxygens (including phenoxy) is 5. The van der Waals surface area contributed by atoms with E-state index >= 15 is 0 Å². The molecule has 0 N–H and O–H groups in total. The van der Waals surface area contributed by atoms with Crippen molar-refractivity contribution in [2.45, 2.75) is 193 Å². The largest absolute Gasteiger partial charge is 0.497 e. The molecule has 8 atom stereocenters. The third-order valence-corrected chi connectivity index (χ3v) is 27.9. The summed E-state index contributed by atoms with van der Waals surface area (Å²) < 4.78 is 54.7. The zero-order valence-electron chi connectivity index (χ0n) is 41.9. The van der Waals surface area contributed by atoms with Crippen molar-refractivity contribution in [2.24, 2.45) is 17.8 Å². The van der Waals surface area contributed by atoms with Gasteiger partial charge >= 0.3 is 0 Å². The first kappa shape index (κ1) is 53.2. The Morgan fingerprint density at radius 2 is 1.32 bits per heavy atom. The van der Waals surface area contributed by atoms with E-state index in [-0.39, 0.29) is 51.3 Å². The number of hydrogen-bond acceptors (Lipinski definition) is 10. The first-order valence-corrected chi connectivity index (χ1v) is 30.9. The lowest BCUT2D eigenvalue weighted by atomic mass is 9.77. The van der Waals surface area contributed by atoms with Crippen LogP contribution in [-0.2, 0) is 48.5 Å². The number of carbonyl (C=O) groups excluding carboxylic acids is 1. The molecule has 60 heavy (non-hydrogen) atoms. The van der Waals surface area contributed by atoms with Gasteiger partial charge in [0.25, 0.3) is 0 Å². The first-order chi connectivity index (χ1) is 27.1. The molecular weight excluding hydrogens is 811 g/mol. The van der Waals surface area contributed by atoms with Crippen LogP contribution in [0.2, 0.25) is 54.4 Å². The number of hydroxylamine groups is 2. The van der Waals surface area contributed by atoms with Gasteiger partial charge in [-0.05, 0) is 92.9 Å². The molecule has 0 aromatic heterocycles. The van der Waals surface area contributed by atoms with Gasteiger partial charge < -0.3 is 37.0 Å². The second-order valence-electron chi connectivity index (χ2n) is 22.7. The number of nitrogens with zero attached hydrogens (tertiary/aromatic N) is 1. The molecule has 11 nitrogen and oxygen atoms in total. The van der Waals surface area contributed by atoms with Gasteiger partial charge in [0.2, 0.25) is 5.91 Å². The molecule has 0 saturated carbocycles. The Morgan fingerprint density at radius 3 is 1.82 bits per heavy atom. The summed E-state index contributed by atoms with van der Waals surface area (Å²) in [5.41, 5.74) is 0.400. The minimum Gasteiger partial charge on any atom is -0.497 e. The average molecular weight is 898 g/mol. The molecular formula is C46H87NO10Si3. The fourth-order valence-corrected chi connectivity index (χ4v) is 10.6. The van der Waals surface area contributed by atoms with Gasteiger partial charge in [-0.1, -0.05) is 81.4 Å². The quantitative estimate of drug-likeness (QED) is 0.0713. The van der Waals surface area contributed by atoms with E-state index in [0.29, 0.717) is 26.4 Å². The molecule has 2 saturated heterocycles. The molecule has 14 heteroatoms. The van der Waals surface area contributed by atoms with Crippen LogP contribution in [0.3, 0.4) is 0 Å². The summed E-state index contributed by atoms with van der Waals surface area (Å²) in [5.74, 6) is -0.977. The highest BCUT2D eigenvalue weighted by Crippen LogP contribution is 2.53. The molecule has 2 heterocycles. The molecule has 0 radical (unpaired) electrons. The van der Waals surface area contributed by atoms with Gasteiger partial charge in [0.15, 0.2) is 30.7 Å². The molecule has 1 aromatic carbocycles. The summed E-state index contributed by atoms with van der Waals surface area (Å²) in [6, 6.07) is 7.98. The molecule has 1 amide bonds. The van der Waals surface area contributed by atoms with Crippen LogP contribution in [0.15, 0.2) is 24.3 Å². The molecule has 2 fully saturated rings. The highest BCUT2D eigenvalue weighted by atomic mass is 28.4. The number of rotatable bonds is 20. The molecule has 2 aliphatic heterocycles.